The van der Waals surface area contributed by atoms with Gasteiger partial charge < -0.3 is 25.1 Å². The minimum absolute atomic E-state index is 0.145. The third kappa shape index (κ3) is 5.09. The maximum Gasteiger partial charge on any atom is 0.309 e. The van der Waals surface area contributed by atoms with Gasteiger partial charge in [-0.2, -0.15) is 0 Å². The number of nitrogens with one attached hydrogen (secondary N) is 3. The van der Waals surface area contributed by atoms with E-state index in [4.69, 9.17) is 9.47 Å². The summed E-state index contributed by atoms with van der Waals surface area (Å²) in [5, 5.41) is 7.91. The normalized spacial score (nSPS) is 13.2. The van der Waals surface area contributed by atoms with Crippen LogP contribution in [0.3, 0.4) is 0 Å². The van der Waals surface area contributed by atoms with Crippen molar-refractivity contribution >= 4 is 52.1 Å². The van der Waals surface area contributed by atoms with Gasteiger partial charge in [-0.15, -0.1) is 11.3 Å². The van der Waals surface area contributed by atoms with Crippen LogP contribution in [0.2, 0.25) is 0 Å². The highest BCUT2D eigenvalue weighted by Crippen LogP contribution is 2.45. The maximum atomic E-state index is 13.1. The highest BCUT2D eigenvalue weighted by Gasteiger charge is 2.30. The number of carbonyl (C=O) groups excluding carboxylic acids is 3. The van der Waals surface area contributed by atoms with Gasteiger partial charge in [0.2, 0.25) is 5.91 Å². The molecule has 4 aromatic rings. The van der Waals surface area contributed by atoms with Gasteiger partial charge in [0.1, 0.15) is 5.75 Å². The second kappa shape index (κ2) is 10.8. The number of benzene rings is 2. The zero-order chi connectivity index (χ0) is 26.6. The lowest BCUT2D eigenvalue weighted by Gasteiger charge is -2.16. The van der Waals surface area contributed by atoms with Crippen LogP contribution in [-0.2, 0) is 32.0 Å². The number of amides is 2. The average molecular weight is 528 g/mol. The van der Waals surface area contributed by atoms with Crippen molar-refractivity contribution in [2.75, 3.05) is 24.9 Å². The molecule has 5 rings (SSSR count). The molecule has 0 radical (unpaired) electrons. The molecule has 1 aliphatic heterocycles. The first-order chi connectivity index (χ1) is 18.5. The number of hydrogen-bond acceptors (Lipinski definition) is 6. The fourth-order valence-electron chi connectivity index (χ4n) is 4.43. The number of methoxy groups -OCH3 is 2. The Balaban J connectivity index is 1.61. The number of esters is 1. The molecule has 2 aromatic carbocycles. The minimum atomic E-state index is -0.334. The fourth-order valence-corrected chi connectivity index (χ4v) is 5.13. The molecular weight excluding hydrogens is 502 g/mol. The van der Waals surface area contributed by atoms with Crippen molar-refractivity contribution in [3.05, 3.63) is 87.9 Å². The van der Waals surface area contributed by atoms with Crippen molar-refractivity contribution in [1.82, 2.24) is 4.98 Å². The Morgan fingerprint density at radius 1 is 1.00 bits per heavy atom. The summed E-state index contributed by atoms with van der Waals surface area (Å²) >= 11 is 1.52. The summed E-state index contributed by atoms with van der Waals surface area (Å²) in [6.45, 7) is 0. The van der Waals surface area contributed by atoms with Crippen LogP contribution in [0.4, 0.5) is 11.4 Å². The Labute approximate surface area is 223 Å². The predicted molar refractivity (Wildman–Crippen MR) is 148 cm³/mol. The number of H-pyrrole nitrogens is 1. The molecule has 8 nitrogen and oxygen atoms in total. The van der Waals surface area contributed by atoms with E-state index >= 15 is 0 Å². The van der Waals surface area contributed by atoms with Crippen LogP contribution in [0.25, 0.3) is 22.8 Å². The molecule has 0 unspecified atom stereocenters. The van der Waals surface area contributed by atoms with Crippen molar-refractivity contribution in [3.8, 4) is 16.9 Å². The van der Waals surface area contributed by atoms with Gasteiger partial charge in [-0.25, -0.2) is 0 Å². The predicted octanol–water partition coefficient (Wildman–Crippen LogP) is 5.14. The second-order valence-electron chi connectivity index (χ2n) is 8.64. The molecule has 192 valence electrons. The Morgan fingerprint density at radius 3 is 2.53 bits per heavy atom. The molecule has 3 N–H and O–H groups in total. The quantitative estimate of drug-likeness (QED) is 0.217. The van der Waals surface area contributed by atoms with Crippen LogP contribution in [0.1, 0.15) is 21.7 Å². The van der Waals surface area contributed by atoms with Gasteiger partial charge in [-0.3, -0.25) is 14.4 Å². The molecule has 9 heteroatoms. The van der Waals surface area contributed by atoms with Crippen molar-refractivity contribution in [2.24, 2.45) is 0 Å². The first-order valence-corrected chi connectivity index (χ1v) is 12.7. The Morgan fingerprint density at radius 2 is 1.82 bits per heavy atom. The summed E-state index contributed by atoms with van der Waals surface area (Å²) < 4.78 is 10.2. The van der Waals surface area contributed by atoms with Crippen LogP contribution in [0.15, 0.2) is 66.2 Å². The Hall–Kier alpha value is -4.63. The van der Waals surface area contributed by atoms with Gasteiger partial charge in [0.15, 0.2) is 0 Å². The van der Waals surface area contributed by atoms with Crippen LogP contribution >= 0.6 is 11.3 Å². The van der Waals surface area contributed by atoms with Crippen LogP contribution in [0.5, 0.6) is 5.75 Å². The first kappa shape index (κ1) is 25.0. The summed E-state index contributed by atoms with van der Waals surface area (Å²) in [5.74, 6) is -0.153. The number of hydrogen-bond donors (Lipinski definition) is 3. The lowest BCUT2D eigenvalue weighted by atomic mass is 9.91. The largest absolute Gasteiger partial charge is 0.495 e. The van der Waals surface area contributed by atoms with Crippen molar-refractivity contribution in [1.29, 1.82) is 0 Å². The highest BCUT2D eigenvalue weighted by atomic mass is 32.1. The van der Waals surface area contributed by atoms with Gasteiger partial charge >= 0.3 is 5.97 Å². The van der Waals surface area contributed by atoms with E-state index in [1.165, 1.54) is 18.4 Å². The fraction of sp³-hybridized carbons (Fsp3) is 0.138. The van der Waals surface area contributed by atoms with E-state index < -0.39 is 0 Å². The van der Waals surface area contributed by atoms with Crippen molar-refractivity contribution in [3.63, 3.8) is 0 Å². The molecule has 0 spiro atoms. The van der Waals surface area contributed by atoms with Crippen molar-refractivity contribution in [2.45, 2.75) is 12.8 Å². The molecule has 1 aliphatic rings. The van der Waals surface area contributed by atoms with E-state index in [-0.39, 0.29) is 30.6 Å². The van der Waals surface area contributed by atoms with Crippen LogP contribution in [0, 0.1) is 0 Å². The standard InChI is InChI=1S/C29H25N3O5S/c1-36-24-11-12-30-23(24)16-20-28-22(32-29(20)35)10-9-21(31-25(33)15-19-4-3-13-38-19)27(28)18-7-5-17(6-8-18)14-26(34)37-2/h3-13,16,30H,14-15H2,1-2H3,(H,31,33)(H,32,35)/b20-16-. The summed E-state index contributed by atoms with van der Waals surface area (Å²) in [6, 6.07) is 16.6. The third-order valence-corrected chi connectivity index (χ3v) is 7.10. The number of fused-ring (bicyclic) bond motifs is 1. The summed E-state index contributed by atoms with van der Waals surface area (Å²) in [4.78, 5) is 41.9. The Kier molecular flexibility index (Phi) is 7.10. The first-order valence-electron chi connectivity index (χ1n) is 11.9. The smallest absolute Gasteiger partial charge is 0.309 e. The molecule has 2 aromatic heterocycles. The van der Waals surface area contributed by atoms with E-state index in [2.05, 4.69) is 15.6 Å². The minimum Gasteiger partial charge on any atom is -0.495 e. The monoisotopic (exact) mass is 527 g/mol. The average Bonchev–Trinajstić information content (AvgIpc) is 3.66. The molecular formula is C29H25N3O5S. The van der Waals surface area contributed by atoms with E-state index in [1.807, 2.05) is 41.8 Å². The summed E-state index contributed by atoms with van der Waals surface area (Å²) in [7, 11) is 2.92. The van der Waals surface area contributed by atoms with E-state index in [0.717, 1.165) is 16.0 Å². The van der Waals surface area contributed by atoms with Gasteiger partial charge in [0.25, 0.3) is 5.91 Å². The number of ether oxygens (including phenoxy) is 2. The number of anilines is 2. The molecule has 2 amide bonds. The SMILES string of the molecule is COC(=O)Cc1ccc(-c2c(NC(=O)Cc3cccs3)ccc3c2/C(=C/c2[nH]ccc2OC)C(=O)N3)cc1. The third-order valence-electron chi connectivity index (χ3n) is 6.22. The van der Waals surface area contributed by atoms with Crippen molar-refractivity contribution < 1.29 is 23.9 Å². The highest BCUT2D eigenvalue weighted by molar-refractivity contribution is 7.10. The number of rotatable bonds is 8. The summed E-state index contributed by atoms with van der Waals surface area (Å²) in [5.41, 5.74) is 5.23. The molecule has 0 saturated heterocycles. The van der Waals surface area contributed by atoms with E-state index in [0.29, 0.717) is 39.5 Å². The van der Waals surface area contributed by atoms with Crippen LogP contribution in [-0.4, -0.2) is 37.0 Å². The lowest BCUT2D eigenvalue weighted by Crippen LogP contribution is -2.14. The number of aromatic amines is 1. The van der Waals surface area contributed by atoms with Gasteiger partial charge in [0.05, 0.1) is 38.3 Å². The molecule has 0 atom stereocenters. The molecule has 0 bridgehead atoms. The molecule has 0 fully saturated rings. The molecule has 38 heavy (non-hydrogen) atoms. The zero-order valence-electron chi connectivity index (χ0n) is 20.8. The number of aromatic nitrogens is 1. The Bertz CT molecular complexity index is 1530. The maximum absolute atomic E-state index is 13.1. The lowest BCUT2D eigenvalue weighted by molar-refractivity contribution is -0.139. The topological polar surface area (TPSA) is 110 Å². The van der Waals surface area contributed by atoms with Gasteiger partial charge in [0, 0.05) is 33.6 Å². The van der Waals surface area contributed by atoms with Gasteiger partial charge in [-0.05, 0) is 46.8 Å². The molecule has 3 heterocycles. The number of carbonyl (C=O) groups is 3. The second-order valence-corrected chi connectivity index (χ2v) is 9.67. The molecule has 0 aliphatic carbocycles. The number of thiophene rings is 1. The van der Waals surface area contributed by atoms with Gasteiger partial charge in [-0.1, -0.05) is 30.3 Å². The molecule has 0 saturated carbocycles. The van der Waals surface area contributed by atoms with E-state index in [1.54, 1.807) is 37.6 Å². The van der Waals surface area contributed by atoms with E-state index in [9.17, 15) is 14.4 Å². The summed E-state index contributed by atoms with van der Waals surface area (Å²) in [6.07, 6.45) is 3.87. The van der Waals surface area contributed by atoms with Crippen LogP contribution < -0.4 is 15.4 Å². The zero-order valence-corrected chi connectivity index (χ0v) is 21.6.